The van der Waals surface area contributed by atoms with Crippen LogP contribution in [0.4, 0.5) is 10.5 Å². The Morgan fingerprint density at radius 1 is 1.05 bits per heavy atom. The fraction of sp³-hybridized carbons (Fsp3) is 0.316. The zero-order valence-electron chi connectivity index (χ0n) is 13.6. The lowest BCUT2D eigenvalue weighted by Gasteiger charge is -2.19. The lowest BCUT2D eigenvalue weighted by molar-refractivity contribution is 0.155. The number of anilines is 1. The summed E-state index contributed by atoms with van der Waals surface area (Å²) >= 11 is 0. The molecule has 0 aromatic heterocycles. The van der Waals surface area contributed by atoms with Crippen LogP contribution in [0.25, 0.3) is 0 Å². The normalized spacial score (nSPS) is 11.1. The van der Waals surface area contributed by atoms with Gasteiger partial charge in [-0.15, -0.1) is 0 Å². The van der Waals surface area contributed by atoms with Gasteiger partial charge >= 0.3 is 6.09 Å². The zero-order chi connectivity index (χ0) is 16.2. The lowest BCUT2D eigenvalue weighted by atomic mass is 9.87. The number of rotatable bonds is 3. The molecule has 0 saturated carbocycles. The van der Waals surface area contributed by atoms with E-state index in [1.54, 1.807) is 0 Å². The highest BCUT2D eigenvalue weighted by Crippen LogP contribution is 2.22. The van der Waals surface area contributed by atoms with Crippen LogP contribution >= 0.6 is 0 Å². The van der Waals surface area contributed by atoms with Gasteiger partial charge in [-0.2, -0.15) is 0 Å². The molecule has 0 spiro atoms. The van der Waals surface area contributed by atoms with Gasteiger partial charge in [0.1, 0.15) is 6.61 Å². The topological polar surface area (TPSA) is 38.3 Å². The molecule has 3 heteroatoms. The van der Waals surface area contributed by atoms with Gasteiger partial charge in [0, 0.05) is 5.69 Å². The third kappa shape index (κ3) is 4.35. The summed E-state index contributed by atoms with van der Waals surface area (Å²) in [5, 5.41) is 2.75. The standard InChI is InChI=1S/C19H23NO2/c1-14-7-5-6-8-17(14)20-18(21)22-13-15-9-11-16(12-10-15)19(2,3)4/h5-12H,13H2,1-4H3,(H,20,21). The van der Waals surface area contributed by atoms with Gasteiger partial charge in [-0.05, 0) is 35.1 Å². The Balaban J connectivity index is 1.90. The van der Waals surface area contributed by atoms with Crippen molar-refractivity contribution in [3.63, 3.8) is 0 Å². The summed E-state index contributed by atoms with van der Waals surface area (Å²) in [6.45, 7) is 8.74. The molecular weight excluding hydrogens is 274 g/mol. The smallest absolute Gasteiger partial charge is 0.411 e. The van der Waals surface area contributed by atoms with Crippen molar-refractivity contribution in [1.29, 1.82) is 0 Å². The third-order valence-corrected chi connectivity index (χ3v) is 3.57. The summed E-state index contributed by atoms with van der Waals surface area (Å²) in [4.78, 5) is 11.8. The molecule has 0 atom stereocenters. The van der Waals surface area contributed by atoms with Gasteiger partial charge in [-0.25, -0.2) is 4.79 Å². The number of carbonyl (C=O) groups excluding carboxylic acids is 1. The van der Waals surface area contributed by atoms with E-state index in [1.807, 2.05) is 43.3 Å². The number of hydrogen-bond acceptors (Lipinski definition) is 2. The second kappa shape index (κ2) is 6.65. The van der Waals surface area contributed by atoms with Crippen molar-refractivity contribution >= 4 is 11.8 Å². The Morgan fingerprint density at radius 2 is 1.68 bits per heavy atom. The number of aryl methyl sites for hydroxylation is 1. The van der Waals surface area contributed by atoms with Crippen molar-refractivity contribution in [2.24, 2.45) is 0 Å². The van der Waals surface area contributed by atoms with Gasteiger partial charge in [0.25, 0.3) is 0 Å². The van der Waals surface area contributed by atoms with Gasteiger partial charge in [0.05, 0.1) is 0 Å². The monoisotopic (exact) mass is 297 g/mol. The molecule has 2 aromatic carbocycles. The fourth-order valence-electron chi connectivity index (χ4n) is 2.11. The van der Waals surface area contributed by atoms with Crippen molar-refractivity contribution in [2.45, 2.75) is 39.7 Å². The van der Waals surface area contributed by atoms with Crippen molar-refractivity contribution in [1.82, 2.24) is 0 Å². The summed E-state index contributed by atoms with van der Waals surface area (Å²) in [5.74, 6) is 0. The Labute approximate surface area is 132 Å². The van der Waals surface area contributed by atoms with Gasteiger partial charge in [0.15, 0.2) is 0 Å². The molecule has 0 aliphatic rings. The molecule has 0 saturated heterocycles. The summed E-state index contributed by atoms with van der Waals surface area (Å²) in [6.07, 6.45) is -0.436. The largest absolute Gasteiger partial charge is 0.444 e. The van der Waals surface area contributed by atoms with Crippen LogP contribution in [0.15, 0.2) is 48.5 Å². The number of nitrogens with one attached hydrogen (secondary N) is 1. The van der Waals surface area contributed by atoms with Crippen molar-refractivity contribution < 1.29 is 9.53 Å². The Hall–Kier alpha value is -2.29. The molecule has 0 radical (unpaired) electrons. The van der Waals surface area contributed by atoms with E-state index in [-0.39, 0.29) is 12.0 Å². The zero-order valence-corrected chi connectivity index (χ0v) is 13.6. The van der Waals surface area contributed by atoms with Crippen LogP contribution in [-0.4, -0.2) is 6.09 Å². The van der Waals surface area contributed by atoms with Crippen molar-refractivity contribution in [3.05, 3.63) is 65.2 Å². The van der Waals surface area contributed by atoms with Gasteiger partial charge < -0.3 is 4.74 Å². The maximum atomic E-state index is 11.8. The van der Waals surface area contributed by atoms with E-state index >= 15 is 0 Å². The van der Waals surface area contributed by atoms with Crippen LogP contribution in [0.5, 0.6) is 0 Å². The van der Waals surface area contributed by atoms with E-state index in [1.165, 1.54) is 5.56 Å². The Kier molecular flexibility index (Phi) is 4.86. The summed E-state index contributed by atoms with van der Waals surface area (Å²) in [7, 11) is 0. The molecule has 0 fully saturated rings. The molecule has 3 nitrogen and oxygen atoms in total. The van der Waals surface area contributed by atoms with Crippen LogP contribution in [-0.2, 0) is 16.8 Å². The highest BCUT2D eigenvalue weighted by molar-refractivity contribution is 5.85. The van der Waals surface area contributed by atoms with Crippen molar-refractivity contribution in [3.8, 4) is 0 Å². The van der Waals surface area contributed by atoms with E-state index in [9.17, 15) is 4.79 Å². The van der Waals surface area contributed by atoms with Gasteiger partial charge in [-0.1, -0.05) is 63.2 Å². The quantitative estimate of drug-likeness (QED) is 0.861. The minimum absolute atomic E-state index is 0.127. The number of ether oxygens (including phenoxy) is 1. The SMILES string of the molecule is Cc1ccccc1NC(=O)OCc1ccc(C(C)(C)C)cc1. The fourth-order valence-corrected chi connectivity index (χ4v) is 2.11. The predicted octanol–water partition coefficient (Wildman–Crippen LogP) is 5.04. The first-order valence-corrected chi connectivity index (χ1v) is 7.45. The van der Waals surface area contributed by atoms with E-state index in [4.69, 9.17) is 4.74 Å². The average Bonchev–Trinajstić information content (AvgIpc) is 2.47. The highest BCUT2D eigenvalue weighted by atomic mass is 16.5. The molecule has 116 valence electrons. The maximum absolute atomic E-state index is 11.8. The molecule has 1 N–H and O–H groups in total. The third-order valence-electron chi connectivity index (χ3n) is 3.57. The van der Waals surface area contributed by atoms with E-state index in [0.29, 0.717) is 0 Å². The van der Waals surface area contributed by atoms with Gasteiger partial charge in [0.2, 0.25) is 0 Å². The molecule has 0 bridgehead atoms. The number of hydrogen-bond donors (Lipinski definition) is 1. The summed E-state index contributed by atoms with van der Waals surface area (Å²) in [6, 6.07) is 15.8. The lowest BCUT2D eigenvalue weighted by Crippen LogP contribution is -2.14. The molecule has 1 amide bonds. The van der Waals surface area contributed by atoms with Crippen LogP contribution in [0.3, 0.4) is 0 Å². The number of carbonyl (C=O) groups is 1. The highest BCUT2D eigenvalue weighted by Gasteiger charge is 2.13. The first kappa shape index (κ1) is 16.1. The van der Waals surface area contributed by atoms with E-state index in [2.05, 4.69) is 38.2 Å². The molecule has 0 heterocycles. The molecule has 0 unspecified atom stereocenters. The average molecular weight is 297 g/mol. The minimum Gasteiger partial charge on any atom is -0.444 e. The minimum atomic E-state index is -0.436. The van der Waals surface area contributed by atoms with Crippen molar-refractivity contribution in [2.75, 3.05) is 5.32 Å². The van der Waals surface area contributed by atoms with Crippen LogP contribution in [0.2, 0.25) is 0 Å². The molecule has 2 rings (SSSR count). The Morgan fingerprint density at radius 3 is 2.27 bits per heavy atom. The number of para-hydroxylation sites is 1. The molecule has 0 aliphatic heterocycles. The molecular formula is C19H23NO2. The summed E-state index contributed by atoms with van der Waals surface area (Å²) < 4.78 is 5.26. The Bertz CT molecular complexity index is 639. The summed E-state index contributed by atoms with van der Waals surface area (Å²) in [5.41, 5.74) is 4.15. The van der Waals surface area contributed by atoms with E-state index in [0.717, 1.165) is 16.8 Å². The first-order valence-electron chi connectivity index (χ1n) is 7.45. The maximum Gasteiger partial charge on any atom is 0.411 e. The first-order chi connectivity index (χ1) is 10.4. The number of benzene rings is 2. The molecule has 22 heavy (non-hydrogen) atoms. The van der Waals surface area contributed by atoms with Crippen LogP contribution < -0.4 is 5.32 Å². The second-order valence-corrected chi connectivity index (χ2v) is 6.46. The molecule has 2 aromatic rings. The van der Waals surface area contributed by atoms with E-state index < -0.39 is 6.09 Å². The molecule has 0 aliphatic carbocycles. The van der Waals surface area contributed by atoms with Gasteiger partial charge in [-0.3, -0.25) is 5.32 Å². The number of amides is 1. The van der Waals surface area contributed by atoms with Crippen LogP contribution in [0.1, 0.15) is 37.5 Å². The van der Waals surface area contributed by atoms with Crippen LogP contribution in [0, 0.1) is 6.92 Å². The predicted molar refractivity (Wildman–Crippen MR) is 90.1 cm³/mol. The second-order valence-electron chi connectivity index (χ2n) is 6.46.